The number of benzene rings is 2. The minimum atomic E-state index is -0.676. The average molecular weight is 643 g/mol. The zero-order valence-electron chi connectivity index (χ0n) is 22.7. The van der Waals surface area contributed by atoms with E-state index in [0.29, 0.717) is 40.0 Å². The number of aromatic nitrogens is 4. The van der Waals surface area contributed by atoms with Crippen LogP contribution >= 0.6 is 15.9 Å². The zero-order valence-corrected chi connectivity index (χ0v) is 24.2. The number of aliphatic hydroxyl groups is 1. The molecule has 42 heavy (non-hydrogen) atoms. The van der Waals surface area contributed by atoms with Crippen LogP contribution in [-0.2, 0) is 24.3 Å². The van der Waals surface area contributed by atoms with Gasteiger partial charge in [0.15, 0.2) is 0 Å². The zero-order chi connectivity index (χ0) is 30.2. The van der Waals surface area contributed by atoms with Crippen LogP contribution in [-0.4, -0.2) is 51.7 Å². The van der Waals surface area contributed by atoms with E-state index in [1.54, 1.807) is 31.4 Å². The van der Waals surface area contributed by atoms with Crippen molar-refractivity contribution >= 4 is 33.2 Å². The van der Waals surface area contributed by atoms with Gasteiger partial charge in [0.2, 0.25) is 5.88 Å². The Balaban J connectivity index is 0.00000198. The SMILES string of the molecule is CO.COCCn1c(Cc2cc(F)c(-c3cccc(OCc4ncc(Br)cc4F)n3)cc2F)nc2ccc(C=O)cc21. The van der Waals surface area contributed by atoms with Crippen LogP contribution in [0.4, 0.5) is 13.2 Å². The number of ether oxygens (including phenoxy) is 2. The molecule has 2 aromatic carbocycles. The highest BCUT2D eigenvalue weighted by atomic mass is 79.9. The lowest BCUT2D eigenvalue weighted by molar-refractivity contribution is 0.112. The number of imidazole rings is 1. The number of fused-ring (bicyclic) bond motifs is 1. The number of aliphatic hydroxyl groups excluding tert-OH is 1. The highest BCUT2D eigenvalue weighted by Crippen LogP contribution is 2.28. The third kappa shape index (κ3) is 7.01. The molecule has 0 radical (unpaired) electrons. The number of aldehydes is 1. The summed E-state index contributed by atoms with van der Waals surface area (Å²) >= 11 is 3.15. The molecular weight excluding hydrogens is 617 g/mol. The Morgan fingerprint density at radius 3 is 2.55 bits per heavy atom. The van der Waals surface area contributed by atoms with Gasteiger partial charge in [-0.3, -0.25) is 9.78 Å². The monoisotopic (exact) mass is 642 g/mol. The van der Waals surface area contributed by atoms with Crippen molar-refractivity contribution in [3.05, 3.63) is 105 Å². The first-order chi connectivity index (χ1) is 20.4. The van der Waals surface area contributed by atoms with Gasteiger partial charge in [0.05, 0.1) is 23.3 Å². The van der Waals surface area contributed by atoms with Crippen molar-refractivity contribution in [3.63, 3.8) is 0 Å². The van der Waals surface area contributed by atoms with Gasteiger partial charge in [0.1, 0.15) is 41.9 Å². The Morgan fingerprint density at radius 2 is 1.81 bits per heavy atom. The number of carbonyl (C=O) groups is 1. The van der Waals surface area contributed by atoms with E-state index in [1.807, 2.05) is 4.57 Å². The molecule has 0 unspecified atom stereocenters. The van der Waals surface area contributed by atoms with Crippen molar-refractivity contribution in [1.82, 2.24) is 19.5 Å². The van der Waals surface area contributed by atoms with E-state index in [-0.39, 0.29) is 41.4 Å². The quantitative estimate of drug-likeness (QED) is 0.189. The van der Waals surface area contributed by atoms with Crippen molar-refractivity contribution in [1.29, 1.82) is 0 Å². The summed E-state index contributed by atoms with van der Waals surface area (Å²) in [6.07, 6.45) is 2.20. The molecule has 0 amide bonds. The lowest BCUT2D eigenvalue weighted by Crippen LogP contribution is -2.10. The Morgan fingerprint density at radius 1 is 1.00 bits per heavy atom. The molecule has 5 rings (SSSR count). The van der Waals surface area contributed by atoms with Crippen LogP contribution in [0.1, 0.15) is 27.4 Å². The number of rotatable bonds is 10. The molecule has 3 heterocycles. The molecule has 0 saturated heterocycles. The van der Waals surface area contributed by atoms with E-state index in [4.69, 9.17) is 14.6 Å². The van der Waals surface area contributed by atoms with E-state index in [2.05, 4.69) is 30.9 Å². The van der Waals surface area contributed by atoms with Crippen molar-refractivity contribution < 1.29 is 32.5 Å². The highest BCUT2D eigenvalue weighted by molar-refractivity contribution is 9.10. The fraction of sp³-hybridized carbons (Fsp3) is 0.200. The van der Waals surface area contributed by atoms with Crippen LogP contribution in [0.15, 0.2) is 65.3 Å². The summed E-state index contributed by atoms with van der Waals surface area (Å²) in [5, 5.41) is 7.00. The van der Waals surface area contributed by atoms with Crippen molar-refractivity contribution in [2.75, 3.05) is 20.8 Å². The van der Waals surface area contributed by atoms with Gasteiger partial charge in [-0.2, -0.15) is 0 Å². The second kappa shape index (κ2) is 14.2. The molecule has 1 N–H and O–H groups in total. The molecule has 3 aromatic heterocycles. The number of hydrogen-bond acceptors (Lipinski definition) is 7. The Kier molecular flexibility index (Phi) is 10.4. The highest BCUT2D eigenvalue weighted by Gasteiger charge is 2.18. The van der Waals surface area contributed by atoms with Crippen LogP contribution in [0.2, 0.25) is 0 Å². The van der Waals surface area contributed by atoms with Crippen LogP contribution in [0.25, 0.3) is 22.3 Å². The predicted molar refractivity (Wildman–Crippen MR) is 154 cm³/mol. The van der Waals surface area contributed by atoms with Crippen molar-refractivity contribution in [2.45, 2.75) is 19.6 Å². The molecule has 0 aliphatic rings. The van der Waals surface area contributed by atoms with Gasteiger partial charge in [-0.1, -0.05) is 6.07 Å². The summed E-state index contributed by atoms with van der Waals surface area (Å²) in [7, 11) is 2.56. The number of halogens is 4. The van der Waals surface area contributed by atoms with E-state index >= 15 is 8.78 Å². The van der Waals surface area contributed by atoms with E-state index in [9.17, 15) is 9.18 Å². The summed E-state index contributed by atoms with van der Waals surface area (Å²) < 4.78 is 57.8. The van der Waals surface area contributed by atoms with Gasteiger partial charge in [0, 0.05) is 55.0 Å². The number of nitrogens with zero attached hydrogens (tertiary/aromatic N) is 4. The molecule has 0 bridgehead atoms. The van der Waals surface area contributed by atoms with Crippen molar-refractivity contribution in [2.24, 2.45) is 0 Å². The molecule has 218 valence electrons. The van der Waals surface area contributed by atoms with Crippen LogP contribution < -0.4 is 4.74 Å². The maximum absolute atomic E-state index is 15.3. The fourth-order valence-corrected chi connectivity index (χ4v) is 4.56. The third-order valence-electron chi connectivity index (χ3n) is 6.23. The summed E-state index contributed by atoms with van der Waals surface area (Å²) in [6, 6.07) is 13.2. The van der Waals surface area contributed by atoms with Gasteiger partial charge in [0.25, 0.3) is 0 Å². The topological polar surface area (TPSA) is 99.4 Å². The summed E-state index contributed by atoms with van der Waals surface area (Å²) in [5.41, 5.74) is 2.10. The van der Waals surface area contributed by atoms with Crippen LogP contribution in [0.3, 0.4) is 0 Å². The Bertz CT molecular complexity index is 1710. The minimum Gasteiger partial charge on any atom is -0.471 e. The van der Waals surface area contributed by atoms with E-state index in [1.165, 1.54) is 24.4 Å². The Hall–Kier alpha value is -4.13. The molecule has 0 spiro atoms. The molecule has 8 nitrogen and oxygen atoms in total. The Labute approximate surface area is 247 Å². The molecule has 0 aliphatic carbocycles. The average Bonchev–Trinajstić information content (AvgIpc) is 3.34. The second-order valence-corrected chi connectivity index (χ2v) is 9.79. The van der Waals surface area contributed by atoms with Crippen molar-refractivity contribution in [3.8, 4) is 17.1 Å². The standard InChI is InChI=1S/C29H22BrF3N4O3.CH4O/c1-39-8-7-37-27-9-17(15-38)5-6-25(27)35-28(37)11-18-10-22(32)20(13-21(18)31)24-3-2-4-29(36-24)40-16-26-23(33)12-19(30)14-34-26;1-2/h2-6,9-10,12-15H,7-8,11,16H2,1H3;2H,1H3. The maximum Gasteiger partial charge on any atom is 0.214 e. The van der Waals surface area contributed by atoms with Crippen LogP contribution in [0, 0.1) is 17.5 Å². The number of methoxy groups -OCH3 is 1. The van der Waals surface area contributed by atoms with Gasteiger partial charge in [-0.15, -0.1) is 0 Å². The van der Waals surface area contributed by atoms with Crippen LogP contribution in [0.5, 0.6) is 5.88 Å². The summed E-state index contributed by atoms with van der Waals surface area (Å²) in [4.78, 5) is 24.1. The molecule has 0 atom stereocenters. The van der Waals surface area contributed by atoms with Gasteiger partial charge >= 0.3 is 0 Å². The molecular formula is C30H26BrF3N4O4. The van der Waals surface area contributed by atoms with Gasteiger partial charge in [-0.05, 0) is 64.0 Å². The largest absolute Gasteiger partial charge is 0.471 e. The maximum atomic E-state index is 15.3. The predicted octanol–water partition coefficient (Wildman–Crippen LogP) is 5.91. The molecule has 0 aliphatic heterocycles. The lowest BCUT2D eigenvalue weighted by Gasteiger charge is -2.12. The second-order valence-electron chi connectivity index (χ2n) is 8.87. The fourth-order valence-electron chi connectivity index (χ4n) is 4.26. The number of pyridine rings is 2. The molecule has 12 heteroatoms. The van der Waals surface area contributed by atoms with Gasteiger partial charge in [-0.25, -0.2) is 23.1 Å². The summed E-state index contributed by atoms with van der Waals surface area (Å²) in [5.74, 6) is -1.25. The normalized spacial score (nSPS) is 10.8. The molecule has 5 aromatic rings. The summed E-state index contributed by atoms with van der Waals surface area (Å²) in [6.45, 7) is 0.598. The molecule has 0 saturated carbocycles. The van der Waals surface area contributed by atoms with Gasteiger partial charge < -0.3 is 19.1 Å². The third-order valence-corrected chi connectivity index (χ3v) is 6.67. The van der Waals surface area contributed by atoms with E-state index < -0.39 is 17.5 Å². The lowest BCUT2D eigenvalue weighted by atomic mass is 10.0. The number of hydrogen-bond donors (Lipinski definition) is 1. The number of carbonyl (C=O) groups excluding carboxylic acids is 1. The first kappa shape index (κ1) is 30.8. The smallest absolute Gasteiger partial charge is 0.214 e. The first-order valence-corrected chi connectivity index (χ1v) is 13.4. The molecule has 0 fully saturated rings. The van der Waals surface area contributed by atoms with E-state index in [0.717, 1.165) is 25.5 Å². The minimum absolute atomic E-state index is 0.0141. The first-order valence-electron chi connectivity index (χ1n) is 12.6.